The van der Waals surface area contributed by atoms with E-state index in [1.165, 1.54) is 53.8 Å². The maximum atomic E-state index is 13.1. The summed E-state index contributed by atoms with van der Waals surface area (Å²) in [6.07, 6.45) is 12.8. The van der Waals surface area contributed by atoms with Gasteiger partial charge in [0, 0.05) is 0 Å². The van der Waals surface area contributed by atoms with E-state index in [4.69, 9.17) is 27.8 Å². The summed E-state index contributed by atoms with van der Waals surface area (Å²) in [5.41, 5.74) is 0.965. The second-order valence-corrected chi connectivity index (χ2v) is 21.6. The Balaban J connectivity index is 0.000000201. The van der Waals surface area contributed by atoms with E-state index in [-0.39, 0.29) is 59.3 Å². The largest absolute Gasteiger partial charge is 0.494 e. The molecule has 0 unspecified atom stereocenters. The highest BCUT2D eigenvalue weighted by Gasteiger charge is 2.31. The Labute approximate surface area is 397 Å². The minimum atomic E-state index is -3.59. The van der Waals surface area contributed by atoms with Gasteiger partial charge in [-0.3, -0.25) is 9.13 Å². The zero-order valence-corrected chi connectivity index (χ0v) is 40.7. The molecule has 0 aliphatic heterocycles. The van der Waals surface area contributed by atoms with Crippen LogP contribution in [0.4, 0.5) is 0 Å². The highest BCUT2D eigenvalue weighted by Crippen LogP contribution is 2.39. The van der Waals surface area contributed by atoms with Gasteiger partial charge in [0.15, 0.2) is 42.8 Å². The summed E-state index contributed by atoms with van der Waals surface area (Å²) < 4.78 is 88.8. The number of sulfone groups is 2. The topological polar surface area (TPSA) is 233 Å². The number of hydrogen-bond donors (Lipinski definition) is 2. The lowest BCUT2D eigenvalue weighted by Gasteiger charge is -2.26. The van der Waals surface area contributed by atoms with Crippen LogP contribution < -0.4 is 18.9 Å². The molecule has 2 aliphatic carbocycles. The van der Waals surface area contributed by atoms with Gasteiger partial charge in [-0.2, -0.15) is 0 Å². The fourth-order valence-corrected chi connectivity index (χ4v) is 11.8. The molecule has 20 heteroatoms. The van der Waals surface area contributed by atoms with E-state index in [1.54, 1.807) is 69.8 Å². The molecule has 2 fully saturated rings. The van der Waals surface area contributed by atoms with E-state index >= 15 is 0 Å². The van der Waals surface area contributed by atoms with Gasteiger partial charge in [0.2, 0.25) is 11.6 Å². The number of furan rings is 2. The van der Waals surface area contributed by atoms with Crippen LogP contribution in [-0.4, -0.2) is 109 Å². The molecular formula is C48H62N6O12S2. The van der Waals surface area contributed by atoms with Crippen LogP contribution in [0.25, 0.3) is 34.5 Å². The normalized spacial score (nSPS) is 15.9. The average Bonchev–Trinajstić information content (AvgIpc) is 4.22. The van der Waals surface area contributed by atoms with Gasteiger partial charge in [0.1, 0.15) is 45.9 Å². The molecule has 0 spiro atoms. The molecule has 2 saturated carbocycles. The number of ether oxygens (including phenoxy) is 4. The first-order chi connectivity index (χ1) is 32.9. The van der Waals surface area contributed by atoms with Crippen molar-refractivity contribution in [3.8, 4) is 57.5 Å². The fraction of sp³-hybridized carbons (Fsp3) is 0.500. The first-order valence-electron chi connectivity index (χ1n) is 23.0. The maximum Gasteiger partial charge on any atom is 0.204 e. The minimum Gasteiger partial charge on any atom is -0.494 e. The van der Waals surface area contributed by atoms with E-state index in [0.29, 0.717) is 57.5 Å². The summed E-state index contributed by atoms with van der Waals surface area (Å²) in [4.78, 5) is 0. The Morgan fingerprint density at radius 1 is 0.544 bits per heavy atom. The van der Waals surface area contributed by atoms with Crippen LogP contribution >= 0.6 is 0 Å². The monoisotopic (exact) mass is 978 g/mol. The third-order valence-corrected chi connectivity index (χ3v) is 15.8. The molecule has 0 amide bonds. The van der Waals surface area contributed by atoms with Gasteiger partial charge in [-0.05, 0) is 98.9 Å². The summed E-state index contributed by atoms with van der Waals surface area (Å²) in [6, 6.07) is 17.5. The van der Waals surface area contributed by atoms with Crippen molar-refractivity contribution in [3.63, 3.8) is 0 Å². The Bertz CT molecular complexity index is 2510. The predicted molar refractivity (Wildman–Crippen MR) is 254 cm³/mol. The number of benzene rings is 2. The second-order valence-electron chi connectivity index (χ2n) is 17.2. The Morgan fingerprint density at radius 3 is 1.21 bits per heavy atom. The van der Waals surface area contributed by atoms with Gasteiger partial charge in [-0.1, -0.05) is 50.7 Å². The standard InChI is InChI=1S/2C24H31N3O6S/c2*1-31-19-10-6-11-20(32-2)23(19)27-22(25-26-24(27)21-12-7-14-33-21)16-34(29,30)15-13-18(28)17-8-4-3-5-9-17/h2*6-7,10-12,14,17-18,28H,3-5,8-9,13,15-16H2,1-2H3/t2*18-/m10/s1. The molecular weight excluding hydrogens is 917 g/mol. The van der Waals surface area contributed by atoms with Crippen LogP contribution in [0.15, 0.2) is 82.0 Å². The van der Waals surface area contributed by atoms with E-state index in [9.17, 15) is 27.0 Å². The SMILES string of the molecule is COc1cccc(OC)c1-n1c(CS(=O)(=O)CC[C@@H](O)C2CCCCC2)nnc1-c1ccco1.COc1cccc(OC)c1-n1c(CS(=O)(=O)CC[C@H](O)C2CCCCC2)nnc1-c1ccco1. The summed E-state index contributed by atoms with van der Waals surface area (Å²) in [5, 5.41) is 38.0. The van der Waals surface area contributed by atoms with Gasteiger partial charge >= 0.3 is 0 Å². The van der Waals surface area contributed by atoms with Crippen molar-refractivity contribution in [3.05, 3.63) is 84.8 Å². The molecule has 368 valence electrons. The highest BCUT2D eigenvalue weighted by atomic mass is 32.2. The molecule has 2 N–H and O–H groups in total. The number of methoxy groups -OCH3 is 4. The van der Waals surface area contributed by atoms with Crippen LogP contribution in [0.5, 0.6) is 23.0 Å². The van der Waals surface area contributed by atoms with E-state index in [2.05, 4.69) is 20.4 Å². The van der Waals surface area contributed by atoms with E-state index in [0.717, 1.165) is 51.4 Å². The first-order valence-corrected chi connectivity index (χ1v) is 26.7. The van der Waals surface area contributed by atoms with Crippen molar-refractivity contribution in [2.45, 2.75) is 101 Å². The zero-order valence-electron chi connectivity index (χ0n) is 39.0. The number of para-hydroxylation sites is 2. The van der Waals surface area contributed by atoms with Crippen LogP contribution in [-0.2, 0) is 31.2 Å². The van der Waals surface area contributed by atoms with Crippen molar-refractivity contribution in [1.29, 1.82) is 0 Å². The number of aromatic nitrogens is 6. The molecule has 4 heterocycles. The molecule has 0 radical (unpaired) electrons. The molecule has 68 heavy (non-hydrogen) atoms. The van der Waals surface area contributed by atoms with Gasteiger partial charge < -0.3 is 38.0 Å². The van der Waals surface area contributed by atoms with Crippen molar-refractivity contribution < 1.29 is 54.8 Å². The zero-order chi connectivity index (χ0) is 48.3. The number of aliphatic hydroxyl groups excluding tert-OH is 2. The Hall–Kier alpha value is -5.70. The fourth-order valence-electron chi connectivity index (χ4n) is 9.17. The molecule has 0 saturated heterocycles. The maximum absolute atomic E-state index is 13.1. The Morgan fingerprint density at radius 2 is 0.897 bits per heavy atom. The van der Waals surface area contributed by atoms with Gasteiger partial charge in [-0.25, -0.2) is 16.8 Å². The van der Waals surface area contributed by atoms with Crippen molar-refractivity contribution in [1.82, 2.24) is 29.5 Å². The minimum absolute atomic E-state index is 0.128. The lowest BCUT2D eigenvalue weighted by Crippen LogP contribution is -2.26. The van der Waals surface area contributed by atoms with Crippen LogP contribution in [0.1, 0.15) is 88.7 Å². The quantitative estimate of drug-likeness (QED) is 0.0750. The average molecular weight is 979 g/mol. The number of nitrogens with zero attached hydrogens (tertiary/aromatic N) is 6. The molecule has 8 rings (SSSR count). The molecule has 2 atom stereocenters. The van der Waals surface area contributed by atoms with Crippen molar-refractivity contribution in [2.24, 2.45) is 11.8 Å². The van der Waals surface area contributed by atoms with E-state index < -0.39 is 31.9 Å². The molecule has 2 aliphatic rings. The lowest BCUT2D eigenvalue weighted by atomic mass is 9.84. The number of hydrogen-bond acceptors (Lipinski definition) is 16. The Kier molecular flexibility index (Phi) is 17.0. The van der Waals surface area contributed by atoms with Gasteiger partial charge in [0.25, 0.3) is 0 Å². The first kappa shape index (κ1) is 50.2. The second kappa shape index (κ2) is 23.1. The van der Waals surface area contributed by atoms with Gasteiger partial charge in [0.05, 0.1) is 64.7 Å². The molecule has 6 aromatic rings. The smallest absolute Gasteiger partial charge is 0.204 e. The summed E-state index contributed by atoms with van der Waals surface area (Å²) in [7, 11) is -1.07. The predicted octanol–water partition coefficient (Wildman–Crippen LogP) is 7.58. The third-order valence-electron chi connectivity index (χ3n) is 12.7. The van der Waals surface area contributed by atoms with E-state index in [1.807, 2.05) is 0 Å². The third kappa shape index (κ3) is 12.1. The lowest BCUT2D eigenvalue weighted by molar-refractivity contribution is 0.0820. The van der Waals surface area contributed by atoms with Crippen molar-refractivity contribution >= 4 is 19.7 Å². The molecule has 2 aromatic carbocycles. The van der Waals surface area contributed by atoms with Gasteiger partial charge in [-0.15, -0.1) is 20.4 Å². The van der Waals surface area contributed by atoms with Crippen LogP contribution in [0.3, 0.4) is 0 Å². The molecule has 4 aromatic heterocycles. The van der Waals surface area contributed by atoms with Crippen LogP contribution in [0, 0.1) is 11.8 Å². The summed E-state index contributed by atoms with van der Waals surface area (Å²) in [6.45, 7) is 0. The number of aliphatic hydroxyl groups is 2. The number of rotatable bonds is 20. The van der Waals surface area contributed by atoms with Crippen LogP contribution in [0.2, 0.25) is 0 Å². The van der Waals surface area contributed by atoms with Crippen molar-refractivity contribution in [2.75, 3.05) is 39.9 Å². The molecule has 0 bridgehead atoms. The molecule has 18 nitrogen and oxygen atoms in total. The summed E-state index contributed by atoms with van der Waals surface area (Å²) in [5.74, 6) is 3.23. The summed E-state index contributed by atoms with van der Waals surface area (Å²) >= 11 is 0. The highest BCUT2D eigenvalue weighted by molar-refractivity contribution is 7.90.